The number of likely N-dealkylation sites (tertiary alicyclic amines) is 1. The SMILES string of the molecule is CC(C)n1cnc2cc(-c3ccc4c(c3)N([C@H]3C[C@@H](N5CCC(C(F)F)C5)C3)C(=O)C4(C)C)nc(Cl)c21. The van der Waals surface area contributed by atoms with E-state index in [1.165, 1.54) is 0 Å². The summed E-state index contributed by atoms with van der Waals surface area (Å²) in [6.07, 6.45) is 1.70. The Balaban J connectivity index is 1.30. The van der Waals surface area contributed by atoms with E-state index < -0.39 is 17.8 Å². The number of pyridine rings is 1. The third-order valence-electron chi connectivity index (χ3n) is 8.63. The first-order chi connectivity index (χ1) is 17.6. The Morgan fingerprint density at radius 2 is 1.89 bits per heavy atom. The van der Waals surface area contributed by atoms with E-state index in [9.17, 15) is 13.6 Å². The smallest absolute Gasteiger partial charge is 0.242 e. The Morgan fingerprint density at radius 3 is 2.57 bits per heavy atom. The molecule has 1 saturated heterocycles. The summed E-state index contributed by atoms with van der Waals surface area (Å²) >= 11 is 6.62. The van der Waals surface area contributed by atoms with Crippen LogP contribution in [0.1, 0.15) is 58.6 Å². The molecule has 196 valence electrons. The normalized spacial score (nSPS) is 25.5. The minimum Gasteiger partial charge on any atom is -0.326 e. The van der Waals surface area contributed by atoms with Crippen LogP contribution in [0.3, 0.4) is 0 Å². The van der Waals surface area contributed by atoms with Crippen LogP contribution < -0.4 is 4.90 Å². The van der Waals surface area contributed by atoms with Gasteiger partial charge in [0.05, 0.1) is 23.0 Å². The summed E-state index contributed by atoms with van der Waals surface area (Å²) in [7, 11) is 0. The van der Waals surface area contributed by atoms with Crippen molar-refractivity contribution in [2.45, 2.75) is 76.9 Å². The number of halogens is 3. The molecule has 2 aliphatic heterocycles. The maximum Gasteiger partial charge on any atom is 0.242 e. The van der Waals surface area contributed by atoms with Crippen LogP contribution in [0.2, 0.25) is 5.15 Å². The van der Waals surface area contributed by atoms with Gasteiger partial charge in [-0.25, -0.2) is 18.7 Å². The minimum absolute atomic E-state index is 0.0691. The summed E-state index contributed by atoms with van der Waals surface area (Å²) in [6.45, 7) is 9.26. The second-order valence-electron chi connectivity index (χ2n) is 11.6. The largest absolute Gasteiger partial charge is 0.326 e. The van der Waals surface area contributed by atoms with Gasteiger partial charge in [-0.05, 0) is 71.2 Å². The van der Waals surface area contributed by atoms with Crippen LogP contribution in [0, 0.1) is 5.92 Å². The van der Waals surface area contributed by atoms with Crippen molar-refractivity contribution >= 4 is 34.2 Å². The topological polar surface area (TPSA) is 54.3 Å². The minimum atomic E-state index is -2.26. The van der Waals surface area contributed by atoms with E-state index in [2.05, 4.69) is 23.7 Å². The van der Waals surface area contributed by atoms with Gasteiger partial charge in [0.25, 0.3) is 0 Å². The van der Waals surface area contributed by atoms with E-state index >= 15 is 0 Å². The van der Waals surface area contributed by atoms with Gasteiger partial charge in [-0.1, -0.05) is 23.7 Å². The molecule has 0 N–H and O–H groups in total. The van der Waals surface area contributed by atoms with Crippen molar-refractivity contribution in [2.75, 3.05) is 18.0 Å². The molecule has 9 heteroatoms. The number of amides is 1. The summed E-state index contributed by atoms with van der Waals surface area (Å²) < 4.78 is 28.3. The third kappa shape index (κ3) is 3.86. The van der Waals surface area contributed by atoms with E-state index in [0.717, 1.165) is 40.7 Å². The molecule has 6 rings (SSSR count). The van der Waals surface area contributed by atoms with Crippen LogP contribution >= 0.6 is 11.6 Å². The second kappa shape index (κ2) is 8.73. The van der Waals surface area contributed by atoms with E-state index in [-0.39, 0.29) is 24.0 Å². The highest BCUT2D eigenvalue weighted by Crippen LogP contribution is 2.48. The number of alkyl halides is 2. The zero-order valence-electron chi connectivity index (χ0n) is 21.6. The van der Waals surface area contributed by atoms with E-state index in [1.807, 2.05) is 47.6 Å². The van der Waals surface area contributed by atoms with E-state index in [0.29, 0.717) is 30.4 Å². The lowest BCUT2D eigenvalue weighted by atomic mass is 9.83. The lowest BCUT2D eigenvalue weighted by Gasteiger charge is -2.46. The average Bonchev–Trinajstić information content (AvgIpc) is 3.51. The van der Waals surface area contributed by atoms with Crippen LogP contribution in [0.15, 0.2) is 30.6 Å². The van der Waals surface area contributed by atoms with Crippen LogP contribution in [0.5, 0.6) is 0 Å². The number of benzene rings is 1. The molecule has 0 radical (unpaired) electrons. The Hall–Kier alpha value is -2.58. The molecule has 37 heavy (non-hydrogen) atoms. The number of nitrogens with zero attached hydrogens (tertiary/aromatic N) is 5. The molecule has 2 fully saturated rings. The van der Waals surface area contributed by atoms with Crippen molar-refractivity contribution in [3.8, 4) is 11.3 Å². The summed E-state index contributed by atoms with van der Waals surface area (Å²) in [5.74, 6) is -0.439. The Bertz CT molecular complexity index is 1380. The third-order valence-corrected chi connectivity index (χ3v) is 8.89. The first-order valence-corrected chi connectivity index (χ1v) is 13.5. The summed E-state index contributed by atoms with van der Waals surface area (Å²) in [5, 5.41) is 0.405. The zero-order chi connectivity index (χ0) is 26.2. The molecule has 0 bridgehead atoms. The lowest BCUT2D eigenvalue weighted by Crippen LogP contribution is -2.55. The van der Waals surface area contributed by atoms with Gasteiger partial charge in [0.15, 0.2) is 5.15 Å². The number of aromatic nitrogens is 3. The van der Waals surface area contributed by atoms with Crippen LogP contribution in [0.4, 0.5) is 14.5 Å². The summed E-state index contributed by atoms with van der Waals surface area (Å²) in [6, 6.07) is 8.56. The summed E-state index contributed by atoms with van der Waals surface area (Å²) in [5.41, 5.74) is 4.48. The van der Waals surface area contributed by atoms with Crippen molar-refractivity contribution in [1.29, 1.82) is 0 Å². The predicted molar refractivity (Wildman–Crippen MR) is 141 cm³/mol. The number of hydrogen-bond acceptors (Lipinski definition) is 4. The van der Waals surface area contributed by atoms with Gasteiger partial charge in [0.2, 0.25) is 12.3 Å². The van der Waals surface area contributed by atoms with Crippen molar-refractivity contribution in [2.24, 2.45) is 5.92 Å². The number of hydrogen-bond donors (Lipinski definition) is 0. The molecule has 1 amide bonds. The Morgan fingerprint density at radius 1 is 1.14 bits per heavy atom. The van der Waals surface area contributed by atoms with Gasteiger partial charge in [-0.2, -0.15) is 0 Å². The molecule has 3 aliphatic rings. The molecule has 0 spiro atoms. The number of anilines is 1. The molecule has 6 nitrogen and oxygen atoms in total. The fourth-order valence-electron chi connectivity index (χ4n) is 6.28. The van der Waals surface area contributed by atoms with Gasteiger partial charge < -0.3 is 9.47 Å². The number of rotatable bonds is 5. The highest BCUT2D eigenvalue weighted by atomic mass is 35.5. The fraction of sp³-hybridized carbons (Fsp3) is 0.536. The van der Waals surface area contributed by atoms with E-state index in [4.69, 9.17) is 16.6 Å². The number of fused-ring (bicyclic) bond motifs is 2. The van der Waals surface area contributed by atoms with Crippen molar-refractivity contribution < 1.29 is 13.6 Å². The van der Waals surface area contributed by atoms with Crippen molar-refractivity contribution in [3.63, 3.8) is 0 Å². The zero-order valence-corrected chi connectivity index (χ0v) is 22.3. The van der Waals surface area contributed by atoms with Crippen LogP contribution in [-0.2, 0) is 10.2 Å². The van der Waals surface area contributed by atoms with Crippen molar-refractivity contribution in [1.82, 2.24) is 19.4 Å². The van der Waals surface area contributed by atoms with Gasteiger partial charge in [0.1, 0.15) is 5.52 Å². The highest BCUT2D eigenvalue weighted by molar-refractivity contribution is 6.34. The van der Waals surface area contributed by atoms with Crippen molar-refractivity contribution in [3.05, 3.63) is 41.3 Å². The molecule has 1 aliphatic carbocycles. The lowest BCUT2D eigenvalue weighted by molar-refractivity contribution is -0.123. The molecule has 1 atom stereocenters. The first kappa shape index (κ1) is 24.7. The van der Waals surface area contributed by atoms with Crippen LogP contribution in [0.25, 0.3) is 22.3 Å². The molecule has 1 saturated carbocycles. The first-order valence-electron chi connectivity index (χ1n) is 13.1. The molecule has 4 heterocycles. The number of imidazole rings is 1. The second-order valence-corrected chi connectivity index (χ2v) is 12.0. The monoisotopic (exact) mass is 527 g/mol. The molecule has 3 aromatic rings. The standard InChI is InChI=1S/C28H32ClF2N5O/c1-15(2)35-14-32-22-12-21(33-25(29)24(22)35)16-5-6-20-23(9-16)36(27(37)28(20,3)4)19-10-18(11-19)34-8-7-17(13-34)26(30)31/h5-6,9,12,14-15,17-19,26H,7-8,10-11,13H2,1-4H3/t17?,18-,19+. The number of carbonyl (C=O) groups is 1. The Labute approximate surface area is 220 Å². The fourth-order valence-corrected chi connectivity index (χ4v) is 6.57. The molecular formula is C28H32ClF2N5O. The van der Waals surface area contributed by atoms with Crippen LogP contribution in [-0.4, -0.2) is 56.9 Å². The van der Waals surface area contributed by atoms with Gasteiger partial charge in [-0.15, -0.1) is 0 Å². The van der Waals surface area contributed by atoms with E-state index in [1.54, 1.807) is 6.33 Å². The molecular weight excluding hydrogens is 496 g/mol. The van der Waals surface area contributed by atoms with Gasteiger partial charge in [-0.3, -0.25) is 9.69 Å². The maximum absolute atomic E-state index is 13.6. The van der Waals surface area contributed by atoms with Gasteiger partial charge in [0, 0.05) is 41.8 Å². The highest BCUT2D eigenvalue weighted by Gasteiger charge is 2.50. The molecule has 1 unspecified atom stereocenters. The number of carbonyl (C=O) groups excluding carboxylic acids is 1. The van der Waals surface area contributed by atoms with Gasteiger partial charge >= 0.3 is 0 Å². The molecule has 1 aromatic carbocycles. The quantitative estimate of drug-likeness (QED) is 0.378. The average molecular weight is 528 g/mol. The maximum atomic E-state index is 13.6. The predicted octanol–water partition coefficient (Wildman–Crippen LogP) is 6.07. The molecule has 2 aromatic heterocycles. The Kier molecular flexibility index (Phi) is 5.84. The summed E-state index contributed by atoms with van der Waals surface area (Å²) in [4.78, 5) is 27.0.